The van der Waals surface area contributed by atoms with Crippen LogP contribution in [0, 0.1) is 0 Å². The SMILES string of the molecule is CC(NC(=O)CCNC(=O)Cc1ccccc1)c1ccccc1Br. The molecule has 0 aliphatic rings. The van der Waals surface area contributed by atoms with Crippen LogP contribution in [0.3, 0.4) is 0 Å². The van der Waals surface area contributed by atoms with E-state index in [1.165, 1.54) is 0 Å². The van der Waals surface area contributed by atoms with Crippen LogP contribution in [0.2, 0.25) is 0 Å². The van der Waals surface area contributed by atoms with Gasteiger partial charge in [0.05, 0.1) is 12.5 Å². The summed E-state index contributed by atoms with van der Waals surface area (Å²) in [4.78, 5) is 23.8. The lowest BCUT2D eigenvalue weighted by Gasteiger charge is -2.16. The van der Waals surface area contributed by atoms with Crippen molar-refractivity contribution >= 4 is 27.7 Å². The average Bonchev–Trinajstić information content (AvgIpc) is 2.56. The minimum Gasteiger partial charge on any atom is -0.355 e. The van der Waals surface area contributed by atoms with Crippen LogP contribution in [-0.4, -0.2) is 18.4 Å². The van der Waals surface area contributed by atoms with Crippen LogP contribution in [0.4, 0.5) is 0 Å². The van der Waals surface area contributed by atoms with Gasteiger partial charge in [-0.3, -0.25) is 9.59 Å². The minimum absolute atomic E-state index is 0.0761. The Morgan fingerprint density at radius 1 is 1.00 bits per heavy atom. The number of nitrogens with one attached hydrogen (secondary N) is 2. The second kappa shape index (κ2) is 9.23. The van der Waals surface area contributed by atoms with Crippen molar-refractivity contribution in [1.29, 1.82) is 0 Å². The maximum absolute atomic E-state index is 12.0. The standard InChI is InChI=1S/C19H21BrN2O2/c1-14(16-9-5-6-10-17(16)20)22-18(23)11-12-21-19(24)13-15-7-3-2-4-8-15/h2-10,14H,11-13H2,1H3,(H,21,24)(H,22,23). The van der Waals surface area contributed by atoms with E-state index in [0.717, 1.165) is 15.6 Å². The Balaban J connectivity index is 1.71. The van der Waals surface area contributed by atoms with E-state index in [1.54, 1.807) is 0 Å². The van der Waals surface area contributed by atoms with E-state index in [2.05, 4.69) is 26.6 Å². The van der Waals surface area contributed by atoms with E-state index in [4.69, 9.17) is 0 Å². The van der Waals surface area contributed by atoms with Gasteiger partial charge in [0.25, 0.3) is 0 Å². The van der Waals surface area contributed by atoms with Crippen LogP contribution in [0.25, 0.3) is 0 Å². The van der Waals surface area contributed by atoms with Crippen LogP contribution in [0.1, 0.15) is 30.5 Å². The summed E-state index contributed by atoms with van der Waals surface area (Å²) < 4.78 is 0.967. The van der Waals surface area contributed by atoms with Gasteiger partial charge in [-0.2, -0.15) is 0 Å². The van der Waals surface area contributed by atoms with Crippen LogP contribution < -0.4 is 10.6 Å². The predicted octanol–water partition coefficient (Wildman–Crippen LogP) is 3.38. The van der Waals surface area contributed by atoms with Crippen LogP contribution >= 0.6 is 15.9 Å². The van der Waals surface area contributed by atoms with Crippen molar-refractivity contribution in [3.05, 3.63) is 70.2 Å². The minimum atomic E-state index is -0.0897. The lowest BCUT2D eigenvalue weighted by molar-refractivity contribution is -0.122. The highest BCUT2D eigenvalue weighted by molar-refractivity contribution is 9.10. The van der Waals surface area contributed by atoms with Gasteiger partial charge >= 0.3 is 0 Å². The first-order chi connectivity index (χ1) is 11.6. The van der Waals surface area contributed by atoms with Crippen LogP contribution in [0.15, 0.2) is 59.1 Å². The lowest BCUT2D eigenvalue weighted by Crippen LogP contribution is -2.32. The van der Waals surface area contributed by atoms with E-state index in [-0.39, 0.29) is 24.3 Å². The van der Waals surface area contributed by atoms with Gasteiger partial charge in [-0.1, -0.05) is 64.5 Å². The average molecular weight is 389 g/mol. The highest BCUT2D eigenvalue weighted by Gasteiger charge is 2.12. The zero-order chi connectivity index (χ0) is 17.4. The van der Waals surface area contributed by atoms with Gasteiger partial charge in [0, 0.05) is 17.4 Å². The summed E-state index contributed by atoms with van der Waals surface area (Å²) in [5, 5.41) is 5.72. The third-order valence-electron chi connectivity index (χ3n) is 3.63. The molecule has 2 amide bonds. The molecule has 0 saturated carbocycles. The molecule has 2 aromatic carbocycles. The van der Waals surface area contributed by atoms with Crippen LogP contribution in [-0.2, 0) is 16.0 Å². The molecule has 0 radical (unpaired) electrons. The van der Waals surface area contributed by atoms with Crippen molar-refractivity contribution in [1.82, 2.24) is 10.6 Å². The Labute approximate surface area is 150 Å². The number of benzene rings is 2. The van der Waals surface area contributed by atoms with E-state index in [9.17, 15) is 9.59 Å². The van der Waals surface area contributed by atoms with Gasteiger partial charge in [0.2, 0.25) is 11.8 Å². The quantitative estimate of drug-likeness (QED) is 0.763. The molecule has 2 N–H and O–H groups in total. The van der Waals surface area contributed by atoms with E-state index < -0.39 is 0 Å². The second-order valence-corrected chi connectivity index (χ2v) is 6.43. The fourth-order valence-electron chi connectivity index (χ4n) is 2.38. The number of amides is 2. The molecule has 1 unspecified atom stereocenters. The van der Waals surface area contributed by atoms with E-state index in [1.807, 2.05) is 61.5 Å². The van der Waals surface area contributed by atoms with Crippen molar-refractivity contribution in [2.24, 2.45) is 0 Å². The molecular weight excluding hydrogens is 368 g/mol. The van der Waals surface area contributed by atoms with Crippen molar-refractivity contribution in [2.45, 2.75) is 25.8 Å². The third-order valence-corrected chi connectivity index (χ3v) is 4.35. The Bertz CT molecular complexity index is 689. The lowest BCUT2D eigenvalue weighted by atomic mass is 10.1. The molecule has 0 fully saturated rings. The predicted molar refractivity (Wildman–Crippen MR) is 98.5 cm³/mol. The normalized spacial score (nSPS) is 11.6. The maximum Gasteiger partial charge on any atom is 0.224 e. The number of rotatable bonds is 7. The summed E-state index contributed by atoms with van der Waals surface area (Å²) in [5.74, 6) is -0.161. The van der Waals surface area contributed by atoms with Crippen molar-refractivity contribution in [3.8, 4) is 0 Å². The maximum atomic E-state index is 12.0. The molecule has 1 atom stereocenters. The fourth-order valence-corrected chi connectivity index (χ4v) is 3.01. The fraction of sp³-hybridized carbons (Fsp3) is 0.263. The summed E-state index contributed by atoms with van der Waals surface area (Å²) in [6.07, 6.45) is 0.588. The molecule has 2 rings (SSSR count). The smallest absolute Gasteiger partial charge is 0.224 e. The molecule has 0 heterocycles. The van der Waals surface area contributed by atoms with Crippen molar-refractivity contribution in [2.75, 3.05) is 6.54 Å². The molecule has 24 heavy (non-hydrogen) atoms. The monoisotopic (exact) mass is 388 g/mol. The van der Waals surface area contributed by atoms with Gasteiger partial charge in [-0.15, -0.1) is 0 Å². The molecule has 126 valence electrons. The summed E-state index contributed by atoms with van der Waals surface area (Å²) >= 11 is 3.48. The number of hydrogen-bond donors (Lipinski definition) is 2. The number of carbonyl (C=O) groups excluding carboxylic acids is 2. The topological polar surface area (TPSA) is 58.2 Å². The first-order valence-corrected chi connectivity index (χ1v) is 8.70. The highest BCUT2D eigenvalue weighted by Crippen LogP contribution is 2.22. The Morgan fingerprint density at radius 2 is 1.67 bits per heavy atom. The van der Waals surface area contributed by atoms with Crippen LogP contribution in [0.5, 0.6) is 0 Å². The molecule has 0 spiro atoms. The van der Waals surface area contributed by atoms with Gasteiger partial charge in [-0.25, -0.2) is 0 Å². The Morgan fingerprint density at radius 3 is 2.38 bits per heavy atom. The second-order valence-electron chi connectivity index (χ2n) is 5.57. The van der Waals surface area contributed by atoms with E-state index in [0.29, 0.717) is 13.0 Å². The molecule has 0 aromatic heterocycles. The van der Waals surface area contributed by atoms with Crippen molar-refractivity contribution in [3.63, 3.8) is 0 Å². The third kappa shape index (κ3) is 5.81. The highest BCUT2D eigenvalue weighted by atomic mass is 79.9. The van der Waals surface area contributed by atoms with Gasteiger partial charge in [-0.05, 0) is 24.1 Å². The molecule has 2 aromatic rings. The molecule has 0 saturated heterocycles. The molecule has 0 bridgehead atoms. The van der Waals surface area contributed by atoms with Gasteiger partial charge in [0.15, 0.2) is 0 Å². The first kappa shape index (κ1) is 18.2. The number of carbonyl (C=O) groups is 2. The van der Waals surface area contributed by atoms with E-state index >= 15 is 0 Å². The zero-order valence-electron chi connectivity index (χ0n) is 13.6. The van der Waals surface area contributed by atoms with Gasteiger partial charge < -0.3 is 10.6 Å². The molecule has 4 nitrogen and oxygen atoms in total. The summed E-state index contributed by atoms with van der Waals surface area (Å²) in [7, 11) is 0. The van der Waals surface area contributed by atoms with Gasteiger partial charge in [0.1, 0.15) is 0 Å². The molecule has 5 heteroatoms. The summed E-state index contributed by atoms with van der Waals surface area (Å²) in [6.45, 7) is 2.27. The number of hydrogen-bond acceptors (Lipinski definition) is 2. The largest absolute Gasteiger partial charge is 0.355 e. The molecule has 0 aliphatic carbocycles. The molecule has 0 aliphatic heterocycles. The first-order valence-electron chi connectivity index (χ1n) is 7.90. The Hall–Kier alpha value is -2.14. The summed E-state index contributed by atoms with van der Waals surface area (Å²) in [5.41, 5.74) is 1.99. The zero-order valence-corrected chi connectivity index (χ0v) is 15.2. The number of halogens is 1. The van der Waals surface area contributed by atoms with Crippen molar-refractivity contribution < 1.29 is 9.59 Å². The molecular formula is C19H21BrN2O2. The Kier molecular flexibility index (Phi) is 7.00. The summed E-state index contributed by atoms with van der Waals surface area (Å²) in [6, 6.07) is 17.2.